The second-order valence-electron chi connectivity index (χ2n) is 10.9. The van der Waals surface area contributed by atoms with E-state index in [4.69, 9.17) is 0 Å². The van der Waals surface area contributed by atoms with Gasteiger partial charge in [0, 0.05) is 29.2 Å². The SMILES string of the molecule is CC[C@H]1CCCCN1c1ccc(C(=O)Nc2ccc(F)cc2CC(=O)O)cc1NC(=O)c1nn(CC(F)(F)F)c2ccccc12. The van der Waals surface area contributed by atoms with Crippen molar-refractivity contribution < 1.29 is 37.1 Å². The first-order valence-corrected chi connectivity index (χ1v) is 14.5. The van der Waals surface area contributed by atoms with Crippen LogP contribution < -0.4 is 15.5 Å². The predicted molar refractivity (Wildman–Crippen MR) is 161 cm³/mol. The van der Waals surface area contributed by atoms with Gasteiger partial charge in [-0.3, -0.25) is 19.1 Å². The minimum absolute atomic E-state index is 0.0708. The lowest BCUT2D eigenvalue weighted by Gasteiger charge is -2.38. The molecule has 0 unspecified atom stereocenters. The second-order valence-corrected chi connectivity index (χ2v) is 10.9. The number of rotatable bonds is 9. The van der Waals surface area contributed by atoms with Gasteiger partial charge in [0.1, 0.15) is 12.4 Å². The lowest BCUT2D eigenvalue weighted by Crippen LogP contribution is -2.39. The van der Waals surface area contributed by atoms with Crippen molar-refractivity contribution in [2.24, 2.45) is 0 Å². The molecule has 0 spiro atoms. The van der Waals surface area contributed by atoms with E-state index in [1.807, 2.05) is 0 Å². The lowest BCUT2D eigenvalue weighted by atomic mass is 9.98. The molecule has 3 N–H and O–H groups in total. The number of carbonyl (C=O) groups excluding carboxylic acids is 2. The Labute approximate surface area is 255 Å². The number of hydrogen-bond acceptors (Lipinski definition) is 5. The molecular formula is C32H31F4N5O4. The lowest BCUT2D eigenvalue weighted by molar-refractivity contribution is -0.142. The summed E-state index contributed by atoms with van der Waals surface area (Å²) in [5.41, 5.74) is 1.13. The molecule has 9 nitrogen and oxygen atoms in total. The van der Waals surface area contributed by atoms with Gasteiger partial charge in [-0.15, -0.1) is 0 Å². The molecule has 5 rings (SSSR count). The average molecular weight is 626 g/mol. The number of amides is 2. The van der Waals surface area contributed by atoms with Gasteiger partial charge < -0.3 is 20.6 Å². The Hall–Kier alpha value is -4.94. The molecule has 1 atom stereocenters. The molecule has 2 amide bonds. The van der Waals surface area contributed by atoms with Crippen LogP contribution in [-0.2, 0) is 17.8 Å². The summed E-state index contributed by atoms with van der Waals surface area (Å²) in [7, 11) is 0. The largest absolute Gasteiger partial charge is 0.481 e. The summed E-state index contributed by atoms with van der Waals surface area (Å²) in [6.07, 6.45) is -1.37. The van der Waals surface area contributed by atoms with Gasteiger partial charge in [-0.1, -0.05) is 25.1 Å². The topological polar surface area (TPSA) is 117 Å². The number of benzene rings is 3. The normalized spacial score (nSPS) is 15.2. The summed E-state index contributed by atoms with van der Waals surface area (Å²) in [5.74, 6) is -3.25. The van der Waals surface area contributed by atoms with Crippen molar-refractivity contribution in [1.29, 1.82) is 0 Å². The van der Waals surface area contributed by atoms with Gasteiger partial charge >= 0.3 is 12.1 Å². The molecule has 0 aliphatic carbocycles. The van der Waals surface area contributed by atoms with Gasteiger partial charge in [0.2, 0.25) is 0 Å². The number of nitrogens with one attached hydrogen (secondary N) is 2. The third-order valence-electron chi connectivity index (χ3n) is 7.77. The fraction of sp³-hybridized carbons (Fsp3) is 0.312. The Morgan fingerprint density at radius 1 is 0.978 bits per heavy atom. The number of hydrogen-bond donors (Lipinski definition) is 3. The average Bonchev–Trinajstić information content (AvgIpc) is 3.35. The number of aliphatic carboxylic acids is 1. The summed E-state index contributed by atoms with van der Waals surface area (Å²) < 4.78 is 54.4. The molecule has 1 fully saturated rings. The van der Waals surface area contributed by atoms with E-state index in [9.17, 15) is 37.1 Å². The van der Waals surface area contributed by atoms with E-state index < -0.39 is 42.7 Å². The summed E-state index contributed by atoms with van der Waals surface area (Å²) in [4.78, 5) is 40.5. The number of alkyl halides is 3. The highest BCUT2D eigenvalue weighted by Crippen LogP contribution is 2.35. The number of fused-ring (bicyclic) bond motifs is 1. The van der Waals surface area contributed by atoms with Gasteiger partial charge in [-0.05, 0) is 73.7 Å². The smallest absolute Gasteiger partial charge is 0.408 e. The number of halogens is 4. The Kier molecular flexibility index (Phi) is 9.07. The van der Waals surface area contributed by atoms with E-state index >= 15 is 0 Å². The summed E-state index contributed by atoms with van der Waals surface area (Å²) in [6, 6.07) is 14.4. The van der Waals surface area contributed by atoms with Crippen LogP contribution in [0.15, 0.2) is 60.7 Å². The number of para-hydroxylation sites is 1. The maximum absolute atomic E-state index is 13.8. The van der Waals surface area contributed by atoms with Crippen LogP contribution in [0.25, 0.3) is 10.9 Å². The van der Waals surface area contributed by atoms with Crippen molar-refractivity contribution in [3.63, 3.8) is 0 Å². The predicted octanol–water partition coefficient (Wildman–Crippen LogP) is 6.64. The van der Waals surface area contributed by atoms with Gasteiger partial charge in [-0.25, -0.2) is 4.39 Å². The van der Waals surface area contributed by atoms with Crippen LogP contribution in [0.1, 0.15) is 59.0 Å². The zero-order chi connectivity index (χ0) is 32.3. The molecule has 13 heteroatoms. The van der Waals surface area contributed by atoms with Crippen molar-refractivity contribution in [3.8, 4) is 0 Å². The van der Waals surface area contributed by atoms with Crippen molar-refractivity contribution in [3.05, 3.63) is 83.3 Å². The Balaban J connectivity index is 1.52. The van der Waals surface area contributed by atoms with E-state index in [1.165, 1.54) is 24.3 Å². The molecule has 45 heavy (non-hydrogen) atoms. The Bertz CT molecular complexity index is 1750. The molecule has 0 saturated carbocycles. The number of anilines is 3. The number of carboxylic acid groups (broad SMARTS) is 1. The van der Waals surface area contributed by atoms with E-state index in [2.05, 4.69) is 27.6 Å². The molecule has 0 bridgehead atoms. The van der Waals surface area contributed by atoms with Crippen LogP contribution in [0.2, 0.25) is 0 Å². The van der Waals surface area contributed by atoms with Crippen molar-refractivity contribution in [1.82, 2.24) is 9.78 Å². The van der Waals surface area contributed by atoms with Crippen molar-refractivity contribution in [2.45, 2.75) is 57.8 Å². The monoisotopic (exact) mass is 625 g/mol. The minimum atomic E-state index is -4.56. The zero-order valence-electron chi connectivity index (χ0n) is 24.3. The highest BCUT2D eigenvalue weighted by Gasteiger charge is 2.31. The maximum atomic E-state index is 13.8. The number of piperidine rings is 1. The van der Waals surface area contributed by atoms with Crippen LogP contribution >= 0.6 is 0 Å². The minimum Gasteiger partial charge on any atom is -0.481 e. The molecule has 1 aromatic heterocycles. The first kappa shape index (κ1) is 31.5. The second kappa shape index (κ2) is 13.0. The van der Waals surface area contributed by atoms with Crippen LogP contribution in [-0.4, -0.2) is 51.4 Å². The fourth-order valence-electron chi connectivity index (χ4n) is 5.72. The number of carboxylic acids is 1. The Morgan fingerprint density at radius 2 is 1.73 bits per heavy atom. The van der Waals surface area contributed by atoms with Gasteiger partial charge in [0.15, 0.2) is 5.69 Å². The van der Waals surface area contributed by atoms with Crippen molar-refractivity contribution in [2.75, 3.05) is 22.1 Å². The quantitative estimate of drug-likeness (QED) is 0.180. The van der Waals surface area contributed by atoms with Crippen LogP contribution in [0.5, 0.6) is 0 Å². The molecule has 236 valence electrons. The fourth-order valence-corrected chi connectivity index (χ4v) is 5.72. The number of aromatic nitrogens is 2. The van der Waals surface area contributed by atoms with Gasteiger partial charge in [-0.2, -0.15) is 18.3 Å². The summed E-state index contributed by atoms with van der Waals surface area (Å²) in [6.45, 7) is 1.38. The van der Waals surface area contributed by atoms with Crippen LogP contribution in [0.4, 0.5) is 34.6 Å². The standard InChI is InChI=1S/C32H31F4N5O4/c1-2-22-7-5-6-14-40(22)27-13-10-19(30(44)37-24-12-11-21(33)15-20(24)17-28(42)43)16-25(27)38-31(45)29-23-8-3-4-9-26(23)41(39-29)18-32(34,35)36/h3-4,8-13,15-16,22H,2,5-7,14,17-18H2,1H3,(H,37,44)(H,38,45)(H,42,43)/t22-/m0/s1. The highest BCUT2D eigenvalue weighted by atomic mass is 19.4. The highest BCUT2D eigenvalue weighted by molar-refractivity contribution is 6.13. The first-order chi connectivity index (χ1) is 21.4. The van der Waals surface area contributed by atoms with E-state index in [0.717, 1.165) is 42.5 Å². The Morgan fingerprint density at radius 3 is 2.47 bits per heavy atom. The molecular weight excluding hydrogens is 594 g/mol. The molecule has 3 aromatic carbocycles. The first-order valence-electron chi connectivity index (χ1n) is 14.5. The van der Waals surface area contributed by atoms with Gasteiger partial charge in [0.05, 0.1) is 23.3 Å². The molecule has 4 aromatic rings. The summed E-state index contributed by atoms with van der Waals surface area (Å²) in [5, 5.41) is 18.9. The molecule has 2 heterocycles. The van der Waals surface area contributed by atoms with E-state index in [1.54, 1.807) is 24.3 Å². The van der Waals surface area contributed by atoms with Crippen LogP contribution in [0, 0.1) is 5.82 Å². The molecule has 1 aliphatic heterocycles. The molecule has 0 radical (unpaired) electrons. The molecule has 1 saturated heterocycles. The van der Waals surface area contributed by atoms with Crippen LogP contribution in [0.3, 0.4) is 0 Å². The number of carbonyl (C=O) groups is 3. The molecule has 1 aliphatic rings. The van der Waals surface area contributed by atoms with Gasteiger partial charge in [0.25, 0.3) is 11.8 Å². The van der Waals surface area contributed by atoms with E-state index in [-0.39, 0.29) is 45.1 Å². The van der Waals surface area contributed by atoms with E-state index in [0.29, 0.717) is 12.2 Å². The third kappa shape index (κ3) is 7.24. The third-order valence-corrected chi connectivity index (χ3v) is 7.77. The number of nitrogens with zero attached hydrogens (tertiary/aromatic N) is 3. The summed E-state index contributed by atoms with van der Waals surface area (Å²) >= 11 is 0. The zero-order valence-corrected chi connectivity index (χ0v) is 24.3. The van der Waals surface area contributed by atoms with Crippen molar-refractivity contribution >= 4 is 45.7 Å². The maximum Gasteiger partial charge on any atom is 0.408 e.